The number of ether oxygens (including phenoxy) is 1. The molecule has 1 amide bonds. The van der Waals surface area contributed by atoms with Crippen LogP contribution in [-0.2, 0) is 9.53 Å². The van der Waals surface area contributed by atoms with Gasteiger partial charge in [0.05, 0.1) is 6.61 Å². The van der Waals surface area contributed by atoms with Crippen LogP contribution in [0.5, 0.6) is 0 Å². The zero-order chi connectivity index (χ0) is 18.0. The molecule has 1 aromatic carbocycles. The Bertz CT molecular complexity index is 787. The van der Waals surface area contributed by atoms with Gasteiger partial charge in [-0.1, -0.05) is 32.0 Å². The predicted molar refractivity (Wildman–Crippen MR) is 91.5 cm³/mol. The Labute approximate surface area is 145 Å². The fourth-order valence-electron chi connectivity index (χ4n) is 2.83. The van der Waals surface area contributed by atoms with Crippen LogP contribution >= 0.6 is 0 Å². The first-order chi connectivity index (χ1) is 11.9. The SMILES string of the molecule is CC(C)c1cccc(-c2ccc(C(=O)NC3(C(=O)O)CCOC3)o2)c1. The topological polar surface area (TPSA) is 88.8 Å². The molecule has 1 unspecified atom stereocenters. The van der Waals surface area contributed by atoms with Gasteiger partial charge in [0.25, 0.3) is 5.91 Å². The Morgan fingerprint density at radius 3 is 2.68 bits per heavy atom. The summed E-state index contributed by atoms with van der Waals surface area (Å²) in [5, 5.41) is 11.9. The van der Waals surface area contributed by atoms with Crippen molar-refractivity contribution >= 4 is 11.9 Å². The minimum Gasteiger partial charge on any atom is -0.479 e. The lowest BCUT2D eigenvalue weighted by atomic mass is 9.99. The first-order valence-electron chi connectivity index (χ1n) is 8.25. The van der Waals surface area contributed by atoms with Crippen LogP contribution in [0, 0.1) is 0 Å². The van der Waals surface area contributed by atoms with Crippen LogP contribution in [0.15, 0.2) is 40.8 Å². The van der Waals surface area contributed by atoms with Gasteiger partial charge in [-0.05, 0) is 29.7 Å². The maximum atomic E-state index is 12.4. The standard InChI is InChI=1S/C19H21NO5/c1-12(2)13-4-3-5-14(10-13)15-6-7-16(25-15)17(21)20-19(18(22)23)8-9-24-11-19/h3-7,10,12H,8-9,11H2,1-2H3,(H,20,21)(H,22,23). The van der Waals surface area contributed by atoms with E-state index >= 15 is 0 Å². The summed E-state index contributed by atoms with van der Waals surface area (Å²) in [5.74, 6) is -0.624. The average Bonchev–Trinajstić information content (AvgIpc) is 3.25. The second-order valence-corrected chi connectivity index (χ2v) is 6.59. The van der Waals surface area contributed by atoms with Gasteiger partial charge in [0, 0.05) is 18.6 Å². The van der Waals surface area contributed by atoms with Crippen molar-refractivity contribution in [3.05, 3.63) is 47.7 Å². The molecule has 3 rings (SSSR count). The molecule has 1 atom stereocenters. The number of carboxylic acid groups (broad SMARTS) is 1. The van der Waals surface area contributed by atoms with Gasteiger partial charge >= 0.3 is 5.97 Å². The molecule has 25 heavy (non-hydrogen) atoms. The third-order valence-electron chi connectivity index (χ3n) is 4.45. The summed E-state index contributed by atoms with van der Waals surface area (Å²) in [6, 6.07) is 11.2. The number of hydrogen-bond acceptors (Lipinski definition) is 4. The van der Waals surface area contributed by atoms with Gasteiger partial charge < -0.3 is 19.6 Å². The molecule has 0 radical (unpaired) electrons. The number of rotatable bonds is 5. The Morgan fingerprint density at radius 2 is 2.04 bits per heavy atom. The molecule has 2 heterocycles. The average molecular weight is 343 g/mol. The third-order valence-corrected chi connectivity index (χ3v) is 4.45. The van der Waals surface area contributed by atoms with Crippen LogP contribution in [0.25, 0.3) is 11.3 Å². The fourth-order valence-corrected chi connectivity index (χ4v) is 2.83. The normalized spacial score (nSPS) is 20.0. The highest BCUT2D eigenvalue weighted by atomic mass is 16.5. The molecule has 2 N–H and O–H groups in total. The third kappa shape index (κ3) is 3.44. The highest BCUT2D eigenvalue weighted by molar-refractivity contribution is 5.96. The van der Waals surface area contributed by atoms with E-state index < -0.39 is 17.4 Å². The van der Waals surface area contributed by atoms with E-state index in [1.54, 1.807) is 12.1 Å². The lowest BCUT2D eigenvalue weighted by Crippen LogP contribution is -2.55. The smallest absolute Gasteiger partial charge is 0.331 e. The zero-order valence-corrected chi connectivity index (χ0v) is 14.2. The predicted octanol–water partition coefficient (Wildman–Crippen LogP) is 3.04. The van der Waals surface area contributed by atoms with E-state index in [-0.39, 0.29) is 18.8 Å². The Morgan fingerprint density at radius 1 is 1.24 bits per heavy atom. The van der Waals surface area contributed by atoms with Gasteiger partial charge in [-0.3, -0.25) is 4.79 Å². The van der Waals surface area contributed by atoms with Gasteiger partial charge in [-0.25, -0.2) is 4.79 Å². The minimum absolute atomic E-state index is 0.0436. The summed E-state index contributed by atoms with van der Waals surface area (Å²) in [7, 11) is 0. The van der Waals surface area contributed by atoms with E-state index in [0.717, 1.165) is 5.56 Å². The van der Waals surface area contributed by atoms with Gasteiger partial charge in [-0.2, -0.15) is 0 Å². The zero-order valence-electron chi connectivity index (χ0n) is 14.2. The van der Waals surface area contributed by atoms with Gasteiger partial charge in [0.15, 0.2) is 11.3 Å². The molecule has 0 aliphatic carbocycles. The molecule has 0 saturated carbocycles. The maximum Gasteiger partial charge on any atom is 0.331 e. The van der Waals surface area contributed by atoms with E-state index in [2.05, 4.69) is 19.2 Å². The highest BCUT2D eigenvalue weighted by Gasteiger charge is 2.44. The van der Waals surface area contributed by atoms with Crippen LogP contribution in [-0.4, -0.2) is 35.7 Å². The monoisotopic (exact) mass is 343 g/mol. The summed E-state index contributed by atoms with van der Waals surface area (Å²) in [4.78, 5) is 23.9. The van der Waals surface area contributed by atoms with E-state index in [1.165, 1.54) is 5.56 Å². The van der Waals surface area contributed by atoms with Crippen molar-refractivity contribution in [1.29, 1.82) is 0 Å². The molecule has 0 bridgehead atoms. The summed E-state index contributed by atoms with van der Waals surface area (Å²) in [6.07, 6.45) is 0.234. The molecule has 1 fully saturated rings. The number of carbonyl (C=O) groups is 2. The largest absolute Gasteiger partial charge is 0.479 e. The van der Waals surface area contributed by atoms with Gasteiger partial charge in [-0.15, -0.1) is 0 Å². The number of carboxylic acids is 1. The molecule has 6 nitrogen and oxygen atoms in total. The van der Waals surface area contributed by atoms with Crippen molar-refractivity contribution < 1.29 is 23.8 Å². The number of carbonyl (C=O) groups excluding carboxylic acids is 1. The number of furan rings is 1. The fraction of sp³-hybridized carbons (Fsp3) is 0.368. The summed E-state index contributed by atoms with van der Waals surface area (Å²) >= 11 is 0. The molecule has 132 valence electrons. The second kappa shape index (κ2) is 6.72. The molecule has 1 aliphatic heterocycles. The summed E-state index contributed by atoms with van der Waals surface area (Å²) < 4.78 is 10.8. The number of nitrogens with one attached hydrogen (secondary N) is 1. The second-order valence-electron chi connectivity index (χ2n) is 6.59. The summed E-state index contributed by atoms with van der Waals surface area (Å²) in [6.45, 7) is 4.47. The van der Waals surface area contributed by atoms with Crippen LogP contribution in [0.1, 0.15) is 42.3 Å². The lowest BCUT2D eigenvalue weighted by Gasteiger charge is -2.22. The number of benzene rings is 1. The van der Waals surface area contributed by atoms with Crippen LogP contribution in [0.4, 0.5) is 0 Å². The van der Waals surface area contributed by atoms with E-state index in [0.29, 0.717) is 18.3 Å². The molecule has 2 aromatic rings. The minimum atomic E-state index is -1.39. The van der Waals surface area contributed by atoms with Crippen LogP contribution < -0.4 is 5.32 Å². The van der Waals surface area contributed by atoms with Crippen molar-refractivity contribution in [2.75, 3.05) is 13.2 Å². The van der Waals surface area contributed by atoms with Crippen molar-refractivity contribution in [2.24, 2.45) is 0 Å². The Hall–Kier alpha value is -2.60. The van der Waals surface area contributed by atoms with E-state index in [9.17, 15) is 14.7 Å². The molecule has 1 saturated heterocycles. The van der Waals surface area contributed by atoms with Crippen molar-refractivity contribution in [1.82, 2.24) is 5.32 Å². The number of amides is 1. The Kier molecular flexibility index (Phi) is 4.63. The summed E-state index contributed by atoms with van der Waals surface area (Å²) in [5.41, 5.74) is 0.664. The molecule has 6 heteroatoms. The van der Waals surface area contributed by atoms with Crippen molar-refractivity contribution in [3.8, 4) is 11.3 Å². The first kappa shape index (κ1) is 17.2. The van der Waals surface area contributed by atoms with Gasteiger partial charge in [0.2, 0.25) is 0 Å². The molecular weight excluding hydrogens is 322 g/mol. The molecule has 1 aliphatic rings. The van der Waals surface area contributed by atoms with E-state index in [1.807, 2.05) is 24.3 Å². The molecular formula is C19H21NO5. The maximum absolute atomic E-state index is 12.4. The Balaban J connectivity index is 1.80. The first-order valence-corrected chi connectivity index (χ1v) is 8.25. The van der Waals surface area contributed by atoms with Gasteiger partial charge in [0.1, 0.15) is 5.76 Å². The number of aliphatic carboxylic acids is 1. The molecule has 0 spiro atoms. The van der Waals surface area contributed by atoms with Crippen LogP contribution in [0.3, 0.4) is 0 Å². The van der Waals surface area contributed by atoms with Crippen LogP contribution in [0.2, 0.25) is 0 Å². The van der Waals surface area contributed by atoms with Crippen molar-refractivity contribution in [2.45, 2.75) is 31.7 Å². The lowest BCUT2D eigenvalue weighted by molar-refractivity contribution is -0.144. The molecule has 1 aromatic heterocycles. The highest BCUT2D eigenvalue weighted by Crippen LogP contribution is 2.26. The van der Waals surface area contributed by atoms with Crippen molar-refractivity contribution in [3.63, 3.8) is 0 Å². The van der Waals surface area contributed by atoms with E-state index in [4.69, 9.17) is 9.15 Å². The number of hydrogen-bond donors (Lipinski definition) is 2. The quantitative estimate of drug-likeness (QED) is 0.871.